The van der Waals surface area contributed by atoms with Crippen LogP contribution in [0.2, 0.25) is 0 Å². The topological polar surface area (TPSA) is 92.8 Å². The van der Waals surface area contributed by atoms with Crippen LogP contribution in [0.5, 0.6) is 0 Å². The molecule has 0 unspecified atom stereocenters. The number of nitrogens with zero attached hydrogens (tertiary/aromatic N) is 1. The number of sulfonamides is 2. The van der Waals surface area contributed by atoms with Crippen LogP contribution in [-0.2, 0) is 24.8 Å². The van der Waals surface area contributed by atoms with Gasteiger partial charge >= 0.3 is 0 Å². The number of halogens is 1. The number of anilines is 1. The molecule has 0 saturated carbocycles. The van der Waals surface area contributed by atoms with Crippen LogP contribution in [0.1, 0.15) is 0 Å². The first kappa shape index (κ1) is 17.8. The van der Waals surface area contributed by atoms with Gasteiger partial charge in [-0.15, -0.1) is 0 Å². The van der Waals surface area contributed by atoms with Crippen LogP contribution in [0.3, 0.4) is 0 Å². The first-order valence-electron chi connectivity index (χ1n) is 5.81. The van der Waals surface area contributed by atoms with Crippen LogP contribution in [0.25, 0.3) is 0 Å². The summed E-state index contributed by atoms with van der Waals surface area (Å²) in [4.78, 5) is -0.210. The highest BCUT2D eigenvalue weighted by Crippen LogP contribution is 2.22. The van der Waals surface area contributed by atoms with E-state index < -0.39 is 31.6 Å². The summed E-state index contributed by atoms with van der Waals surface area (Å²) in [7, 11) is -3.63. The largest absolute Gasteiger partial charge is 0.384 e. The molecule has 10 heteroatoms. The Kier molecular flexibility index (Phi) is 5.68. The molecule has 0 heterocycles. The van der Waals surface area contributed by atoms with Crippen molar-refractivity contribution in [1.82, 2.24) is 4.31 Å². The van der Waals surface area contributed by atoms with E-state index in [1.165, 1.54) is 21.2 Å². The van der Waals surface area contributed by atoms with Crippen molar-refractivity contribution >= 4 is 25.7 Å². The minimum atomic E-state index is -3.83. The molecule has 0 bridgehead atoms. The number of ether oxygens (including phenoxy) is 1. The monoisotopic (exact) mass is 340 g/mol. The zero-order valence-electron chi connectivity index (χ0n) is 11.8. The van der Waals surface area contributed by atoms with Crippen LogP contribution in [-0.4, -0.2) is 54.7 Å². The van der Waals surface area contributed by atoms with E-state index in [9.17, 15) is 21.2 Å². The summed E-state index contributed by atoms with van der Waals surface area (Å²) in [6.07, 6.45) is 0. The molecule has 0 atom stereocenters. The SMILES string of the molecule is COCCS(=O)(=O)Nc1cc(S(=O)(=O)N(C)C)ccc1F. The molecule has 0 fully saturated rings. The molecule has 21 heavy (non-hydrogen) atoms. The van der Waals surface area contributed by atoms with Crippen molar-refractivity contribution in [3.05, 3.63) is 24.0 Å². The lowest BCUT2D eigenvalue weighted by Gasteiger charge is -2.14. The number of nitrogens with one attached hydrogen (secondary N) is 1. The van der Waals surface area contributed by atoms with Crippen LogP contribution < -0.4 is 4.72 Å². The molecule has 0 aliphatic rings. The van der Waals surface area contributed by atoms with Crippen molar-refractivity contribution < 1.29 is 26.0 Å². The predicted octanol–water partition coefficient (Wildman–Crippen LogP) is 0.464. The maximum absolute atomic E-state index is 13.6. The third kappa shape index (κ3) is 4.63. The second-order valence-electron chi connectivity index (χ2n) is 4.34. The lowest BCUT2D eigenvalue weighted by molar-refractivity contribution is 0.217. The highest BCUT2D eigenvalue weighted by molar-refractivity contribution is 7.92. The van der Waals surface area contributed by atoms with Gasteiger partial charge in [0.15, 0.2) is 0 Å². The molecule has 1 aromatic carbocycles. The smallest absolute Gasteiger partial charge is 0.242 e. The third-order valence-electron chi connectivity index (χ3n) is 2.54. The van der Waals surface area contributed by atoms with Gasteiger partial charge in [-0.05, 0) is 18.2 Å². The number of benzene rings is 1. The molecular formula is C11H17FN2O5S2. The molecule has 0 amide bonds. The second kappa shape index (κ2) is 6.69. The molecule has 7 nitrogen and oxygen atoms in total. The normalized spacial score (nSPS) is 12.6. The van der Waals surface area contributed by atoms with Crippen molar-refractivity contribution in [1.29, 1.82) is 0 Å². The van der Waals surface area contributed by atoms with Gasteiger partial charge in [-0.25, -0.2) is 25.5 Å². The number of methoxy groups -OCH3 is 1. The summed E-state index contributed by atoms with van der Waals surface area (Å²) >= 11 is 0. The molecule has 0 aliphatic heterocycles. The van der Waals surface area contributed by atoms with Gasteiger partial charge in [0.25, 0.3) is 0 Å². The molecule has 0 radical (unpaired) electrons. The summed E-state index contributed by atoms with van der Waals surface area (Å²) < 4.78 is 68.5. The van der Waals surface area contributed by atoms with Crippen LogP contribution in [0, 0.1) is 5.82 Å². The lowest BCUT2D eigenvalue weighted by Crippen LogP contribution is -2.23. The zero-order chi connectivity index (χ0) is 16.3. The Hall–Kier alpha value is -1.23. The molecule has 1 N–H and O–H groups in total. The summed E-state index contributed by atoms with van der Waals surface area (Å²) in [5.41, 5.74) is -0.422. The average Bonchev–Trinajstić information content (AvgIpc) is 2.38. The number of hydrogen-bond donors (Lipinski definition) is 1. The molecule has 0 aliphatic carbocycles. The Morgan fingerprint density at radius 3 is 2.38 bits per heavy atom. The van der Waals surface area contributed by atoms with Crippen LogP contribution >= 0.6 is 0 Å². The maximum atomic E-state index is 13.6. The van der Waals surface area contributed by atoms with E-state index in [1.807, 2.05) is 4.72 Å². The summed E-state index contributed by atoms with van der Waals surface area (Å²) in [5, 5.41) is 0. The van der Waals surface area contributed by atoms with Gasteiger partial charge in [0.2, 0.25) is 20.0 Å². The maximum Gasteiger partial charge on any atom is 0.242 e. The van der Waals surface area contributed by atoms with E-state index >= 15 is 0 Å². The molecule has 0 aromatic heterocycles. The fraction of sp³-hybridized carbons (Fsp3) is 0.455. The predicted molar refractivity (Wildman–Crippen MR) is 76.6 cm³/mol. The Morgan fingerprint density at radius 2 is 1.86 bits per heavy atom. The van der Waals surface area contributed by atoms with E-state index in [-0.39, 0.29) is 17.3 Å². The Labute approximate surface area is 123 Å². The molecule has 0 spiro atoms. The van der Waals surface area contributed by atoms with Gasteiger partial charge < -0.3 is 4.74 Å². The summed E-state index contributed by atoms with van der Waals surface area (Å²) in [6, 6.07) is 2.90. The Balaban J connectivity index is 3.16. The lowest BCUT2D eigenvalue weighted by atomic mass is 10.3. The van der Waals surface area contributed by atoms with Gasteiger partial charge in [-0.2, -0.15) is 0 Å². The Morgan fingerprint density at radius 1 is 1.24 bits per heavy atom. The number of rotatable bonds is 7. The van der Waals surface area contributed by atoms with Gasteiger partial charge in [0.05, 0.1) is 22.9 Å². The molecular weight excluding hydrogens is 323 g/mol. The highest BCUT2D eigenvalue weighted by Gasteiger charge is 2.20. The average molecular weight is 340 g/mol. The van der Waals surface area contributed by atoms with E-state index in [1.54, 1.807) is 0 Å². The fourth-order valence-electron chi connectivity index (χ4n) is 1.37. The zero-order valence-corrected chi connectivity index (χ0v) is 13.5. The van der Waals surface area contributed by atoms with Gasteiger partial charge in [0.1, 0.15) is 5.82 Å². The second-order valence-corrected chi connectivity index (χ2v) is 8.34. The van der Waals surface area contributed by atoms with Crippen LogP contribution in [0.15, 0.2) is 23.1 Å². The summed E-state index contributed by atoms with van der Waals surface area (Å²) in [5.74, 6) is -1.23. The van der Waals surface area contributed by atoms with Gasteiger partial charge in [-0.3, -0.25) is 4.72 Å². The van der Waals surface area contributed by atoms with Crippen molar-refractivity contribution in [2.45, 2.75) is 4.90 Å². The summed E-state index contributed by atoms with van der Waals surface area (Å²) in [6.45, 7) is -0.0629. The minimum absolute atomic E-state index is 0.0629. The van der Waals surface area contributed by atoms with E-state index in [0.717, 1.165) is 22.5 Å². The molecule has 0 saturated heterocycles. The van der Waals surface area contributed by atoms with Gasteiger partial charge in [-0.1, -0.05) is 0 Å². The minimum Gasteiger partial charge on any atom is -0.384 e. The number of hydrogen-bond acceptors (Lipinski definition) is 5. The van der Waals surface area contributed by atoms with Crippen molar-refractivity contribution in [2.24, 2.45) is 0 Å². The van der Waals surface area contributed by atoms with Crippen molar-refractivity contribution in [3.63, 3.8) is 0 Å². The molecule has 1 aromatic rings. The Bertz CT molecular complexity index is 701. The third-order valence-corrected chi connectivity index (χ3v) is 5.58. The van der Waals surface area contributed by atoms with Crippen molar-refractivity contribution in [2.75, 3.05) is 38.3 Å². The standard InChI is InChI=1S/C11H17FN2O5S2/c1-14(2)21(17,18)9-4-5-10(12)11(8-9)13-20(15,16)7-6-19-3/h4-5,8,13H,6-7H2,1-3H3. The van der Waals surface area contributed by atoms with Crippen LogP contribution in [0.4, 0.5) is 10.1 Å². The first-order valence-corrected chi connectivity index (χ1v) is 8.91. The highest BCUT2D eigenvalue weighted by atomic mass is 32.2. The fourth-order valence-corrected chi connectivity index (χ4v) is 3.27. The molecule has 1 rings (SSSR count). The van der Waals surface area contributed by atoms with Crippen molar-refractivity contribution in [3.8, 4) is 0 Å². The van der Waals surface area contributed by atoms with E-state index in [0.29, 0.717) is 0 Å². The molecule has 120 valence electrons. The van der Waals surface area contributed by atoms with E-state index in [2.05, 4.69) is 4.74 Å². The quantitative estimate of drug-likeness (QED) is 0.779. The first-order chi connectivity index (χ1) is 9.60. The van der Waals surface area contributed by atoms with E-state index in [4.69, 9.17) is 0 Å². The van der Waals surface area contributed by atoms with Gasteiger partial charge in [0, 0.05) is 21.2 Å².